The molecule has 0 aliphatic heterocycles. The Morgan fingerprint density at radius 2 is 0.948 bits per heavy atom. The van der Waals surface area contributed by atoms with Crippen LogP contribution in [0.3, 0.4) is 0 Å². The molecule has 0 atom stereocenters. The van der Waals surface area contributed by atoms with Crippen molar-refractivity contribution in [1.29, 1.82) is 0 Å². The Morgan fingerprint density at radius 3 is 1.71 bits per heavy atom. The van der Waals surface area contributed by atoms with Crippen LogP contribution >= 0.6 is 0 Å². The van der Waals surface area contributed by atoms with Crippen LogP contribution in [0.2, 0.25) is 0 Å². The van der Waals surface area contributed by atoms with Gasteiger partial charge in [-0.3, -0.25) is 0 Å². The first-order chi connectivity index (χ1) is 28.8. The Hall–Kier alpha value is -6.96. The van der Waals surface area contributed by atoms with Gasteiger partial charge in [-0.05, 0) is 134 Å². The zero-order valence-corrected chi connectivity index (χ0v) is 32.5. The number of fused-ring (bicyclic) bond motifs is 5. The van der Waals surface area contributed by atoms with E-state index < -0.39 is 5.41 Å². The van der Waals surface area contributed by atoms with Gasteiger partial charge >= 0.3 is 0 Å². The molecule has 2 aliphatic carbocycles. The molecule has 0 saturated carbocycles. The zero-order valence-electron chi connectivity index (χ0n) is 32.5. The second-order valence-electron chi connectivity index (χ2n) is 15.9. The summed E-state index contributed by atoms with van der Waals surface area (Å²) in [6.07, 6.45) is 4.81. The lowest BCUT2D eigenvalue weighted by atomic mass is 9.67. The minimum absolute atomic E-state index is 0.516. The fourth-order valence-electron chi connectivity index (χ4n) is 10.1. The summed E-state index contributed by atoms with van der Waals surface area (Å²) in [4.78, 5) is 2.49. The maximum absolute atomic E-state index is 2.54. The monoisotopic (exact) mass is 741 g/mol. The molecule has 0 spiro atoms. The van der Waals surface area contributed by atoms with Gasteiger partial charge in [0.2, 0.25) is 0 Å². The van der Waals surface area contributed by atoms with Gasteiger partial charge < -0.3 is 4.90 Å². The lowest BCUT2D eigenvalue weighted by Crippen LogP contribution is -2.28. The van der Waals surface area contributed by atoms with Gasteiger partial charge in [0.25, 0.3) is 0 Å². The van der Waals surface area contributed by atoms with E-state index in [-0.39, 0.29) is 0 Å². The second kappa shape index (κ2) is 14.2. The number of rotatable bonds is 7. The summed E-state index contributed by atoms with van der Waals surface area (Å²) in [7, 11) is 0. The molecule has 0 radical (unpaired) electrons. The Bertz CT molecular complexity index is 2880. The van der Waals surface area contributed by atoms with E-state index in [9.17, 15) is 0 Å². The van der Waals surface area contributed by atoms with Gasteiger partial charge in [-0.2, -0.15) is 0 Å². The molecule has 1 heteroatoms. The molecule has 9 aromatic rings. The lowest BCUT2D eigenvalue weighted by molar-refractivity contribution is 0.686. The summed E-state index contributed by atoms with van der Waals surface area (Å²) in [6, 6.07) is 79.2. The Labute approximate surface area is 341 Å². The first-order valence-corrected chi connectivity index (χ1v) is 20.7. The van der Waals surface area contributed by atoms with E-state index >= 15 is 0 Å². The molecule has 0 bridgehead atoms. The summed E-state index contributed by atoms with van der Waals surface area (Å²) < 4.78 is 0. The Morgan fingerprint density at radius 1 is 0.362 bits per heavy atom. The first-order valence-electron chi connectivity index (χ1n) is 20.7. The van der Waals surface area contributed by atoms with Crippen LogP contribution in [0.5, 0.6) is 0 Å². The van der Waals surface area contributed by atoms with Gasteiger partial charge in [0, 0.05) is 16.9 Å². The molecule has 276 valence electrons. The van der Waals surface area contributed by atoms with Gasteiger partial charge in [-0.15, -0.1) is 0 Å². The van der Waals surface area contributed by atoms with Crippen LogP contribution in [0.4, 0.5) is 17.1 Å². The van der Waals surface area contributed by atoms with Crippen molar-refractivity contribution >= 4 is 27.8 Å². The normalized spacial score (nSPS) is 13.7. The van der Waals surface area contributed by atoms with E-state index in [1.54, 1.807) is 0 Å². The molecule has 0 fully saturated rings. The standard InChI is InChI=1S/C57H43N/c1-4-21-45(22-5-1)57(46-23-6-2-7-24-46)54-30-15-14-28-51(54)53-38-52(44-32-31-40-17-10-11-19-43(40)37-44)56(39-55(53)57)58(47-25-8-3-9-26-47)48-35-33-42(34-36-48)50-29-16-20-41-18-12-13-27-49(41)50/h1-9,12-16,18,20-39H,10-11,17,19H2. The van der Waals surface area contributed by atoms with Crippen LogP contribution in [0.1, 0.15) is 46.2 Å². The number of hydrogen-bond acceptors (Lipinski definition) is 1. The molecule has 0 saturated heterocycles. The molecule has 0 heterocycles. The van der Waals surface area contributed by atoms with Crippen molar-refractivity contribution < 1.29 is 0 Å². The molecule has 2 aliphatic rings. The highest BCUT2D eigenvalue weighted by molar-refractivity contribution is 5.99. The lowest BCUT2D eigenvalue weighted by Gasteiger charge is -2.35. The predicted octanol–water partition coefficient (Wildman–Crippen LogP) is 14.9. The SMILES string of the molecule is c1ccc(N(c2ccc(-c3cccc4ccccc34)cc2)c2cc3c(cc2-c2ccc4c(c2)CCCC4)-c2ccccc2C3(c2ccccc2)c2ccccc2)cc1. The summed E-state index contributed by atoms with van der Waals surface area (Å²) in [5.41, 5.74) is 18.6. The smallest absolute Gasteiger partial charge is 0.0714 e. The molecular formula is C57H43N. The molecule has 0 aromatic heterocycles. The number of para-hydroxylation sites is 1. The highest BCUT2D eigenvalue weighted by Crippen LogP contribution is 2.59. The Balaban J connectivity index is 1.20. The van der Waals surface area contributed by atoms with Crippen molar-refractivity contribution in [3.05, 3.63) is 246 Å². The van der Waals surface area contributed by atoms with Gasteiger partial charge in [-0.25, -0.2) is 0 Å². The fourth-order valence-corrected chi connectivity index (χ4v) is 10.1. The molecule has 11 rings (SSSR count). The van der Waals surface area contributed by atoms with Crippen LogP contribution in [-0.2, 0) is 18.3 Å². The molecule has 0 amide bonds. The van der Waals surface area contributed by atoms with Crippen LogP contribution in [-0.4, -0.2) is 0 Å². The van der Waals surface area contributed by atoms with Crippen molar-refractivity contribution in [2.24, 2.45) is 0 Å². The highest BCUT2D eigenvalue weighted by Gasteiger charge is 2.46. The number of hydrogen-bond donors (Lipinski definition) is 0. The third-order valence-electron chi connectivity index (χ3n) is 12.7. The number of benzene rings is 9. The zero-order chi connectivity index (χ0) is 38.5. The van der Waals surface area contributed by atoms with E-state index in [2.05, 4.69) is 217 Å². The average molecular weight is 742 g/mol. The predicted molar refractivity (Wildman–Crippen MR) is 243 cm³/mol. The molecule has 0 unspecified atom stereocenters. The van der Waals surface area contributed by atoms with E-state index in [4.69, 9.17) is 0 Å². The van der Waals surface area contributed by atoms with Gasteiger partial charge in [-0.1, -0.05) is 176 Å². The summed E-state index contributed by atoms with van der Waals surface area (Å²) in [6.45, 7) is 0. The van der Waals surface area contributed by atoms with Crippen LogP contribution in [0, 0.1) is 0 Å². The molecule has 58 heavy (non-hydrogen) atoms. The molecular weight excluding hydrogens is 699 g/mol. The third kappa shape index (κ3) is 5.53. The first kappa shape index (κ1) is 34.3. The van der Waals surface area contributed by atoms with Gasteiger partial charge in [0.05, 0.1) is 11.1 Å². The molecule has 9 aromatic carbocycles. The number of anilines is 3. The molecule has 1 nitrogen and oxygen atoms in total. The summed E-state index contributed by atoms with van der Waals surface area (Å²) >= 11 is 0. The van der Waals surface area contributed by atoms with E-state index in [0.717, 1.165) is 24.2 Å². The minimum Gasteiger partial charge on any atom is -0.310 e. The topological polar surface area (TPSA) is 3.24 Å². The number of nitrogens with zero attached hydrogens (tertiary/aromatic N) is 1. The quantitative estimate of drug-likeness (QED) is 0.157. The van der Waals surface area contributed by atoms with Crippen molar-refractivity contribution in [1.82, 2.24) is 0 Å². The fraction of sp³-hybridized carbons (Fsp3) is 0.0877. The Kier molecular flexibility index (Phi) is 8.40. The van der Waals surface area contributed by atoms with Crippen LogP contribution in [0.15, 0.2) is 212 Å². The largest absolute Gasteiger partial charge is 0.310 e. The van der Waals surface area contributed by atoms with Crippen LogP contribution < -0.4 is 4.90 Å². The maximum atomic E-state index is 2.54. The van der Waals surface area contributed by atoms with Crippen molar-refractivity contribution in [2.45, 2.75) is 31.1 Å². The third-order valence-corrected chi connectivity index (χ3v) is 12.7. The van der Waals surface area contributed by atoms with Crippen molar-refractivity contribution in [2.75, 3.05) is 4.90 Å². The summed E-state index contributed by atoms with van der Waals surface area (Å²) in [5, 5.41) is 2.52. The minimum atomic E-state index is -0.516. The highest BCUT2D eigenvalue weighted by atomic mass is 15.1. The summed E-state index contributed by atoms with van der Waals surface area (Å²) in [5.74, 6) is 0. The van der Waals surface area contributed by atoms with Crippen molar-refractivity contribution in [3.63, 3.8) is 0 Å². The van der Waals surface area contributed by atoms with E-state index in [1.165, 1.54) is 96.1 Å². The second-order valence-corrected chi connectivity index (χ2v) is 15.9. The van der Waals surface area contributed by atoms with Crippen LogP contribution in [0.25, 0.3) is 44.2 Å². The van der Waals surface area contributed by atoms with Crippen molar-refractivity contribution in [3.8, 4) is 33.4 Å². The molecule has 0 N–H and O–H groups in total. The average Bonchev–Trinajstić information content (AvgIpc) is 3.59. The van der Waals surface area contributed by atoms with Gasteiger partial charge in [0.15, 0.2) is 0 Å². The van der Waals surface area contributed by atoms with E-state index in [1.807, 2.05) is 0 Å². The van der Waals surface area contributed by atoms with E-state index in [0.29, 0.717) is 0 Å². The maximum Gasteiger partial charge on any atom is 0.0714 e. The van der Waals surface area contributed by atoms with Gasteiger partial charge in [0.1, 0.15) is 0 Å². The number of aryl methyl sites for hydroxylation is 2.